The minimum atomic E-state index is -0.0157. The summed E-state index contributed by atoms with van der Waals surface area (Å²) < 4.78 is 1.95. The number of nitrogens with two attached hydrogens (primary N) is 1. The Morgan fingerprint density at radius 2 is 1.94 bits per heavy atom. The summed E-state index contributed by atoms with van der Waals surface area (Å²) in [5, 5.41) is 0. The maximum absolute atomic E-state index is 12.4. The van der Waals surface area contributed by atoms with Gasteiger partial charge >= 0.3 is 0 Å². The normalized spacial score (nSPS) is 10.5. The zero-order chi connectivity index (χ0) is 12.4. The summed E-state index contributed by atoms with van der Waals surface area (Å²) in [5.41, 5.74) is 8.75. The van der Waals surface area contributed by atoms with Crippen molar-refractivity contribution in [3.05, 3.63) is 53.3 Å². The van der Waals surface area contributed by atoms with E-state index in [9.17, 15) is 4.79 Å². The van der Waals surface area contributed by atoms with Crippen LogP contribution >= 0.6 is 0 Å². The molecule has 2 aromatic rings. The van der Waals surface area contributed by atoms with Crippen molar-refractivity contribution >= 4 is 11.5 Å². The molecule has 0 fully saturated rings. The first kappa shape index (κ1) is 11.5. The van der Waals surface area contributed by atoms with Crippen LogP contribution in [0.3, 0.4) is 0 Å². The molecule has 1 aromatic carbocycles. The Labute approximate surface area is 101 Å². The van der Waals surface area contributed by atoms with Crippen molar-refractivity contribution in [3.8, 4) is 0 Å². The number of nitrogen functional groups attached to an aromatic ring is 1. The molecule has 17 heavy (non-hydrogen) atoms. The first-order chi connectivity index (χ1) is 8.15. The minimum Gasteiger partial charge on any atom is -0.397 e. The molecule has 0 atom stereocenters. The van der Waals surface area contributed by atoms with Crippen LogP contribution in [0.2, 0.25) is 0 Å². The smallest absolute Gasteiger partial charge is 0.211 e. The van der Waals surface area contributed by atoms with Crippen molar-refractivity contribution in [3.63, 3.8) is 0 Å². The molecule has 0 amide bonds. The summed E-state index contributed by atoms with van der Waals surface area (Å²) in [5.74, 6) is -0.0157. The average molecular weight is 228 g/mol. The lowest BCUT2D eigenvalue weighted by Gasteiger charge is -2.08. The summed E-state index contributed by atoms with van der Waals surface area (Å²) in [6.45, 7) is 4.72. The van der Waals surface area contributed by atoms with Gasteiger partial charge in [-0.15, -0.1) is 0 Å². The van der Waals surface area contributed by atoms with Crippen LogP contribution in [0.25, 0.3) is 0 Å². The van der Waals surface area contributed by atoms with Gasteiger partial charge in [0.15, 0.2) is 0 Å². The number of carbonyl (C=O) groups excluding carboxylic acids is 1. The largest absolute Gasteiger partial charge is 0.397 e. The fourth-order valence-corrected chi connectivity index (χ4v) is 2.09. The van der Waals surface area contributed by atoms with Gasteiger partial charge in [-0.1, -0.05) is 30.3 Å². The third-order valence-electron chi connectivity index (χ3n) is 2.90. The van der Waals surface area contributed by atoms with Gasteiger partial charge in [-0.3, -0.25) is 4.79 Å². The minimum absolute atomic E-state index is 0.0157. The monoisotopic (exact) mass is 228 g/mol. The van der Waals surface area contributed by atoms with Crippen LogP contribution in [0.1, 0.15) is 28.7 Å². The third-order valence-corrected chi connectivity index (χ3v) is 2.90. The maximum atomic E-state index is 12.4. The van der Waals surface area contributed by atoms with E-state index >= 15 is 0 Å². The second-order valence-corrected chi connectivity index (χ2v) is 4.03. The summed E-state index contributed by atoms with van der Waals surface area (Å²) in [7, 11) is 0. The predicted octanol–water partition coefficient (Wildman–Crippen LogP) is 2.63. The fourth-order valence-electron chi connectivity index (χ4n) is 2.09. The van der Waals surface area contributed by atoms with Crippen molar-refractivity contribution in [2.24, 2.45) is 0 Å². The molecule has 3 heteroatoms. The van der Waals surface area contributed by atoms with E-state index in [2.05, 4.69) is 0 Å². The Kier molecular flexibility index (Phi) is 3.00. The van der Waals surface area contributed by atoms with Gasteiger partial charge in [0.2, 0.25) is 5.78 Å². The van der Waals surface area contributed by atoms with Gasteiger partial charge in [0.1, 0.15) is 5.69 Å². The Bertz CT molecular complexity index is 541. The zero-order valence-corrected chi connectivity index (χ0v) is 10.1. The van der Waals surface area contributed by atoms with E-state index in [1.54, 1.807) is 0 Å². The molecule has 0 aliphatic heterocycles. The summed E-state index contributed by atoms with van der Waals surface area (Å²) in [6, 6.07) is 11.1. The molecule has 88 valence electrons. The van der Waals surface area contributed by atoms with E-state index in [1.165, 1.54) is 0 Å². The summed E-state index contributed by atoms with van der Waals surface area (Å²) in [4.78, 5) is 12.4. The number of hydrogen-bond acceptors (Lipinski definition) is 2. The maximum Gasteiger partial charge on any atom is 0.211 e. The van der Waals surface area contributed by atoms with Crippen molar-refractivity contribution in [2.75, 3.05) is 5.73 Å². The van der Waals surface area contributed by atoms with Gasteiger partial charge in [-0.2, -0.15) is 0 Å². The number of rotatable bonds is 3. The number of carbonyl (C=O) groups is 1. The molecule has 2 N–H and O–H groups in total. The van der Waals surface area contributed by atoms with E-state index < -0.39 is 0 Å². The molecule has 2 rings (SSSR count). The van der Waals surface area contributed by atoms with Gasteiger partial charge < -0.3 is 10.3 Å². The molecule has 1 heterocycles. The van der Waals surface area contributed by atoms with Crippen molar-refractivity contribution in [2.45, 2.75) is 20.4 Å². The molecule has 0 saturated heterocycles. The Balaban J connectivity index is 2.51. The van der Waals surface area contributed by atoms with Gasteiger partial charge in [0, 0.05) is 17.8 Å². The molecule has 0 aliphatic carbocycles. The highest BCUT2D eigenvalue weighted by atomic mass is 16.1. The van der Waals surface area contributed by atoms with E-state index in [1.807, 2.05) is 54.8 Å². The summed E-state index contributed by atoms with van der Waals surface area (Å²) in [6.07, 6.45) is 0. The van der Waals surface area contributed by atoms with Gasteiger partial charge in [-0.05, 0) is 19.9 Å². The van der Waals surface area contributed by atoms with Crippen LogP contribution in [0.15, 0.2) is 36.4 Å². The Morgan fingerprint density at radius 1 is 1.29 bits per heavy atom. The number of aromatic nitrogens is 1. The average Bonchev–Trinajstić information content (AvgIpc) is 2.63. The molecular weight excluding hydrogens is 212 g/mol. The van der Waals surface area contributed by atoms with Crippen LogP contribution in [0.5, 0.6) is 0 Å². The highest BCUT2D eigenvalue weighted by Crippen LogP contribution is 2.21. The molecule has 0 spiro atoms. The Morgan fingerprint density at radius 3 is 2.53 bits per heavy atom. The van der Waals surface area contributed by atoms with Crippen LogP contribution in [-0.4, -0.2) is 10.4 Å². The lowest BCUT2D eigenvalue weighted by atomic mass is 10.1. The standard InChI is InChI=1S/C14H16N2O/c1-3-16-10(2)9-12(15)13(16)14(17)11-7-5-4-6-8-11/h4-9H,3,15H2,1-2H3. The van der Waals surface area contributed by atoms with Gasteiger partial charge in [0.05, 0.1) is 5.69 Å². The topological polar surface area (TPSA) is 48.0 Å². The van der Waals surface area contributed by atoms with E-state index in [0.717, 1.165) is 12.2 Å². The van der Waals surface area contributed by atoms with Crippen LogP contribution in [0, 0.1) is 6.92 Å². The van der Waals surface area contributed by atoms with Gasteiger partial charge in [-0.25, -0.2) is 0 Å². The SMILES string of the molecule is CCn1c(C)cc(N)c1C(=O)c1ccccc1. The highest BCUT2D eigenvalue weighted by Gasteiger charge is 2.18. The first-order valence-corrected chi connectivity index (χ1v) is 5.70. The second kappa shape index (κ2) is 4.45. The van der Waals surface area contributed by atoms with Gasteiger partial charge in [0.25, 0.3) is 0 Å². The molecule has 0 aliphatic rings. The molecule has 0 unspecified atom stereocenters. The zero-order valence-electron chi connectivity index (χ0n) is 10.1. The molecule has 1 aromatic heterocycles. The second-order valence-electron chi connectivity index (χ2n) is 4.03. The fraction of sp³-hybridized carbons (Fsp3) is 0.214. The predicted molar refractivity (Wildman–Crippen MR) is 69.1 cm³/mol. The van der Waals surface area contributed by atoms with Crippen molar-refractivity contribution in [1.29, 1.82) is 0 Å². The number of hydrogen-bond donors (Lipinski definition) is 1. The van der Waals surface area contributed by atoms with Crippen LogP contribution < -0.4 is 5.73 Å². The lowest BCUT2D eigenvalue weighted by molar-refractivity contribution is 0.103. The highest BCUT2D eigenvalue weighted by molar-refractivity contribution is 6.11. The quantitative estimate of drug-likeness (QED) is 0.821. The number of aryl methyl sites for hydroxylation is 1. The molecular formula is C14H16N2O. The van der Waals surface area contributed by atoms with Crippen LogP contribution in [0.4, 0.5) is 5.69 Å². The number of anilines is 1. The lowest BCUT2D eigenvalue weighted by Crippen LogP contribution is -2.12. The van der Waals surface area contributed by atoms with E-state index in [4.69, 9.17) is 5.73 Å². The van der Waals surface area contributed by atoms with E-state index in [-0.39, 0.29) is 5.78 Å². The third kappa shape index (κ3) is 1.96. The molecule has 0 radical (unpaired) electrons. The number of benzene rings is 1. The van der Waals surface area contributed by atoms with Crippen molar-refractivity contribution < 1.29 is 4.79 Å². The summed E-state index contributed by atoms with van der Waals surface area (Å²) >= 11 is 0. The Hall–Kier alpha value is -2.03. The van der Waals surface area contributed by atoms with Crippen LogP contribution in [-0.2, 0) is 6.54 Å². The molecule has 3 nitrogen and oxygen atoms in total. The number of nitrogens with zero attached hydrogens (tertiary/aromatic N) is 1. The number of ketones is 1. The first-order valence-electron chi connectivity index (χ1n) is 5.70. The molecule has 0 bridgehead atoms. The van der Waals surface area contributed by atoms with E-state index in [0.29, 0.717) is 16.9 Å². The van der Waals surface area contributed by atoms with Crippen molar-refractivity contribution in [1.82, 2.24) is 4.57 Å². The molecule has 0 saturated carbocycles.